The molecule has 6 nitrogen and oxygen atoms in total. The predicted octanol–water partition coefficient (Wildman–Crippen LogP) is 3.65. The van der Waals surface area contributed by atoms with E-state index >= 15 is 0 Å². The summed E-state index contributed by atoms with van der Waals surface area (Å²) >= 11 is 0. The van der Waals surface area contributed by atoms with Crippen LogP contribution in [0.25, 0.3) is 0 Å². The van der Waals surface area contributed by atoms with Gasteiger partial charge in [-0.05, 0) is 87.3 Å². The number of ether oxygens (including phenoxy) is 3. The van der Waals surface area contributed by atoms with Crippen LogP contribution in [0.5, 0.6) is 11.5 Å². The Hall–Kier alpha value is -2.24. The molecule has 6 heteroatoms. The van der Waals surface area contributed by atoms with Gasteiger partial charge < -0.3 is 19.5 Å². The number of carbonyl (C=O) groups is 2. The topological polar surface area (TPSA) is 73.9 Å². The second kappa shape index (κ2) is 8.48. The van der Waals surface area contributed by atoms with E-state index in [1.807, 2.05) is 12.1 Å². The van der Waals surface area contributed by atoms with Gasteiger partial charge in [0.05, 0.1) is 14.2 Å². The highest BCUT2D eigenvalue weighted by Crippen LogP contribution is 2.55. The van der Waals surface area contributed by atoms with Gasteiger partial charge in [0.1, 0.15) is 11.5 Å². The van der Waals surface area contributed by atoms with Crippen LogP contribution in [0.4, 0.5) is 0 Å². The van der Waals surface area contributed by atoms with Gasteiger partial charge in [-0.25, -0.2) is 0 Å². The highest BCUT2D eigenvalue weighted by atomic mass is 16.5. The fourth-order valence-corrected chi connectivity index (χ4v) is 6.19. The van der Waals surface area contributed by atoms with Crippen molar-refractivity contribution in [2.45, 2.75) is 69.9 Å². The summed E-state index contributed by atoms with van der Waals surface area (Å²) in [4.78, 5) is 25.1. The monoisotopic (exact) mass is 415 g/mol. The van der Waals surface area contributed by atoms with Crippen molar-refractivity contribution >= 4 is 11.9 Å². The number of carbonyl (C=O) groups excluding carboxylic acids is 2. The molecule has 1 N–H and O–H groups in total. The molecule has 4 aliphatic rings. The average molecular weight is 416 g/mol. The van der Waals surface area contributed by atoms with Gasteiger partial charge in [0.25, 0.3) is 5.91 Å². The molecule has 1 aromatic carbocycles. The Morgan fingerprint density at radius 3 is 2.03 bits per heavy atom. The minimum absolute atomic E-state index is 0.0658. The minimum atomic E-state index is -0.773. The van der Waals surface area contributed by atoms with Crippen LogP contribution in [0, 0.1) is 17.8 Å². The third-order valence-electron chi connectivity index (χ3n) is 7.13. The number of benzene rings is 1. The maximum Gasteiger partial charge on any atom is 0.306 e. The van der Waals surface area contributed by atoms with E-state index in [0.717, 1.165) is 42.6 Å². The van der Waals surface area contributed by atoms with Crippen LogP contribution in [-0.2, 0) is 20.7 Å². The van der Waals surface area contributed by atoms with Crippen molar-refractivity contribution in [2.75, 3.05) is 14.2 Å². The van der Waals surface area contributed by atoms with Crippen LogP contribution < -0.4 is 14.8 Å². The number of esters is 1. The van der Waals surface area contributed by atoms with Crippen LogP contribution in [0.2, 0.25) is 0 Å². The molecule has 4 aliphatic carbocycles. The second-order valence-corrected chi connectivity index (χ2v) is 9.54. The van der Waals surface area contributed by atoms with Crippen molar-refractivity contribution in [3.63, 3.8) is 0 Å². The van der Waals surface area contributed by atoms with Gasteiger partial charge in [0.2, 0.25) is 0 Å². The summed E-state index contributed by atoms with van der Waals surface area (Å²) in [5.41, 5.74) is 0.859. The van der Waals surface area contributed by atoms with Crippen molar-refractivity contribution in [1.82, 2.24) is 5.32 Å². The van der Waals surface area contributed by atoms with Crippen molar-refractivity contribution in [2.24, 2.45) is 17.8 Å². The third-order valence-corrected chi connectivity index (χ3v) is 7.13. The van der Waals surface area contributed by atoms with Crippen LogP contribution in [0.15, 0.2) is 18.2 Å². The Balaban J connectivity index is 1.28. The summed E-state index contributed by atoms with van der Waals surface area (Å²) in [5.74, 6) is 3.11. The number of hydrogen-bond acceptors (Lipinski definition) is 5. The van der Waals surface area contributed by atoms with Crippen molar-refractivity contribution in [3.8, 4) is 11.5 Å². The third kappa shape index (κ3) is 4.57. The fourth-order valence-electron chi connectivity index (χ4n) is 6.19. The van der Waals surface area contributed by atoms with Gasteiger partial charge in [0, 0.05) is 18.0 Å². The number of methoxy groups -OCH3 is 2. The molecule has 30 heavy (non-hydrogen) atoms. The minimum Gasteiger partial charge on any atom is -0.497 e. The molecule has 0 spiro atoms. The van der Waals surface area contributed by atoms with Gasteiger partial charge in [-0.1, -0.05) is 0 Å². The first-order chi connectivity index (χ1) is 14.4. The Bertz CT molecular complexity index is 747. The summed E-state index contributed by atoms with van der Waals surface area (Å²) in [6.07, 6.45) is 7.17. The number of amides is 1. The van der Waals surface area contributed by atoms with E-state index in [2.05, 4.69) is 5.32 Å². The summed E-state index contributed by atoms with van der Waals surface area (Å²) < 4.78 is 16.0. The molecular formula is C24H33NO5. The molecule has 0 unspecified atom stereocenters. The van der Waals surface area contributed by atoms with E-state index in [4.69, 9.17) is 14.2 Å². The van der Waals surface area contributed by atoms with E-state index in [1.165, 1.54) is 19.3 Å². The summed E-state index contributed by atoms with van der Waals surface area (Å²) in [6, 6.07) is 5.54. The van der Waals surface area contributed by atoms with Gasteiger partial charge in [-0.2, -0.15) is 0 Å². The zero-order chi connectivity index (χ0) is 21.3. The van der Waals surface area contributed by atoms with E-state index in [-0.39, 0.29) is 23.8 Å². The molecule has 164 valence electrons. The van der Waals surface area contributed by atoms with Crippen LogP contribution in [0.3, 0.4) is 0 Å². The molecule has 4 bridgehead atoms. The van der Waals surface area contributed by atoms with Gasteiger partial charge in [0.15, 0.2) is 6.10 Å². The van der Waals surface area contributed by atoms with Crippen LogP contribution in [0.1, 0.15) is 57.4 Å². The Labute approximate surface area is 178 Å². The molecule has 0 aliphatic heterocycles. The predicted molar refractivity (Wildman–Crippen MR) is 112 cm³/mol. The number of nitrogens with one attached hydrogen (secondary N) is 1. The molecule has 1 amide bonds. The summed E-state index contributed by atoms with van der Waals surface area (Å²) in [7, 11) is 3.19. The standard InChI is InChI=1S/C24H33NO5/c1-15(23(27)25-24-12-17-6-18(13-24)8-19(7-17)14-24)30-22(26)5-4-16-9-20(28-2)11-21(10-16)29-3/h9-11,15,17-19H,4-8,12-14H2,1-3H3,(H,25,27)/t15-,17?,18?,19?,24?/m0/s1. The lowest BCUT2D eigenvalue weighted by molar-refractivity contribution is -0.156. The zero-order valence-corrected chi connectivity index (χ0v) is 18.2. The number of hydrogen-bond donors (Lipinski definition) is 1. The van der Waals surface area contributed by atoms with Gasteiger partial charge in [-0.15, -0.1) is 0 Å². The first-order valence-electron chi connectivity index (χ1n) is 11.1. The molecule has 5 rings (SSSR count). The lowest BCUT2D eigenvalue weighted by atomic mass is 9.53. The van der Waals surface area contributed by atoms with Crippen molar-refractivity contribution in [1.29, 1.82) is 0 Å². The lowest BCUT2D eigenvalue weighted by Gasteiger charge is -2.57. The van der Waals surface area contributed by atoms with E-state index < -0.39 is 6.10 Å². The highest BCUT2D eigenvalue weighted by molar-refractivity contribution is 5.84. The van der Waals surface area contributed by atoms with Crippen molar-refractivity contribution < 1.29 is 23.8 Å². The zero-order valence-electron chi connectivity index (χ0n) is 18.2. The number of aryl methyl sites for hydroxylation is 1. The first kappa shape index (κ1) is 21.0. The molecular weight excluding hydrogens is 382 g/mol. The molecule has 1 atom stereocenters. The molecule has 4 fully saturated rings. The maximum atomic E-state index is 12.8. The number of rotatable bonds is 8. The highest BCUT2D eigenvalue weighted by Gasteiger charge is 2.51. The second-order valence-electron chi connectivity index (χ2n) is 9.54. The Morgan fingerprint density at radius 1 is 1.00 bits per heavy atom. The Kier molecular flexibility index (Phi) is 5.94. The lowest BCUT2D eigenvalue weighted by Crippen LogP contribution is -2.61. The average Bonchev–Trinajstić information content (AvgIpc) is 2.70. The molecule has 4 saturated carbocycles. The smallest absolute Gasteiger partial charge is 0.306 e. The molecule has 0 saturated heterocycles. The SMILES string of the molecule is COc1cc(CCC(=O)O[C@@H](C)C(=O)NC23CC4CC(CC(C4)C2)C3)cc(OC)c1. The first-order valence-corrected chi connectivity index (χ1v) is 11.1. The maximum absolute atomic E-state index is 12.8. The van der Waals surface area contributed by atoms with E-state index in [1.54, 1.807) is 27.2 Å². The Morgan fingerprint density at radius 2 is 1.53 bits per heavy atom. The van der Waals surface area contributed by atoms with Crippen LogP contribution >= 0.6 is 0 Å². The quantitative estimate of drug-likeness (QED) is 0.656. The van der Waals surface area contributed by atoms with Crippen LogP contribution in [-0.4, -0.2) is 37.7 Å². The largest absolute Gasteiger partial charge is 0.497 e. The fraction of sp³-hybridized carbons (Fsp3) is 0.667. The van der Waals surface area contributed by atoms with Crippen molar-refractivity contribution in [3.05, 3.63) is 23.8 Å². The normalized spacial score (nSPS) is 29.9. The summed E-state index contributed by atoms with van der Waals surface area (Å²) in [5, 5.41) is 3.28. The summed E-state index contributed by atoms with van der Waals surface area (Å²) in [6.45, 7) is 1.67. The van der Waals surface area contributed by atoms with Gasteiger partial charge >= 0.3 is 5.97 Å². The molecule has 0 radical (unpaired) electrons. The molecule has 0 aromatic heterocycles. The molecule has 1 aromatic rings. The van der Waals surface area contributed by atoms with E-state index in [0.29, 0.717) is 17.9 Å². The van der Waals surface area contributed by atoms with Gasteiger partial charge in [-0.3, -0.25) is 9.59 Å². The van der Waals surface area contributed by atoms with E-state index in [9.17, 15) is 9.59 Å². The molecule has 0 heterocycles.